The zero-order valence-electron chi connectivity index (χ0n) is 16.5. The molecule has 0 aliphatic carbocycles. The summed E-state index contributed by atoms with van der Waals surface area (Å²) in [5.74, 6) is -0.953. The van der Waals surface area contributed by atoms with Crippen LogP contribution >= 0.6 is 0 Å². The molecule has 0 bridgehead atoms. The van der Waals surface area contributed by atoms with Crippen molar-refractivity contribution in [1.82, 2.24) is 14.8 Å². The van der Waals surface area contributed by atoms with E-state index in [2.05, 4.69) is 16.3 Å². The molecule has 0 aliphatic rings. The first kappa shape index (κ1) is 20.0. The van der Waals surface area contributed by atoms with Crippen LogP contribution in [0.5, 0.6) is 0 Å². The molecule has 4 rings (SSSR count). The van der Waals surface area contributed by atoms with Crippen LogP contribution in [0, 0.1) is 11.3 Å². The number of hydrogen-bond acceptors (Lipinski definition) is 6. The molecule has 0 unspecified atom stereocenters. The van der Waals surface area contributed by atoms with E-state index in [0.29, 0.717) is 35.0 Å². The number of aromatic amines is 1. The number of rotatable bonds is 7. The molecule has 0 saturated heterocycles. The van der Waals surface area contributed by atoms with Gasteiger partial charge in [0.05, 0.1) is 30.0 Å². The number of esters is 1. The molecule has 154 valence electrons. The Morgan fingerprint density at radius 1 is 1.06 bits per heavy atom. The van der Waals surface area contributed by atoms with E-state index in [1.165, 1.54) is 0 Å². The minimum absolute atomic E-state index is 0.172. The normalized spacial score (nSPS) is 10.8. The summed E-state index contributed by atoms with van der Waals surface area (Å²) >= 11 is 0. The number of ketones is 1. The Bertz CT molecular complexity index is 1390. The molecule has 2 aromatic carbocycles. The lowest BCUT2D eigenvalue weighted by atomic mass is 10.1. The quantitative estimate of drug-likeness (QED) is 0.367. The summed E-state index contributed by atoms with van der Waals surface area (Å²) < 4.78 is 7.05. The molecular formula is C23H18N4O4. The average Bonchev–Trinajstić information content (AvgIpc) is 3.17. The molecule has 0 saturated carbocycles. The number of Topliss-reactive ketones (excluding diaryl/α,β-unsaturated/α-hetero) is 1. The van der Waals surface area contributed by atoms with Crippen LogP contribution in [0.4, 0.5) is 0 Å². The van der Waals surface area contributed by atoms with E-state index >= 15 is 0 Å². The van der Waals surface area contributed by atoms with E-state index in [-0.39, 0.29) is 17.8 Å². The Morgan fingerprint density at radius 2 is 1.77 bits per heavy atom. The number of hydrogen-bond donors (Lipinski definition) is 1. The van der Waals surface area contributed by atoms with E-state index < -0.39 is 12.6 Å². The number of aromatic nitrogens is 3. The van der Waals surface area contributed by atoms with Crippen LogP contribution in [-0.4, -0.2) is 33.1 Å². The number of fused-ring (bicyclic) bond motifs is 2. The van der Waals surface area contributed by atoms with Gasteiger partial charge in [-0.3, -0.25) is 14.4 Å². The third kappa shape index (κ3) is 4.07. The fourth-order valence-electron chi connectivity index (χ4n) is 3.54. The largest absolute Gasteiger partial charge is 0.457 e. The molecule has 4 aromatic rings. The number of nitriles is 1. The van der Waals surface area contributed by atoms with Gasteiger partial charge >= 0.3 is 5.97 Å². The Labute approximate surface area is 176 Å². The van der Waals surface area contributed by atoms with E-state index in [4.69, 9.17) is 10.00 Å². The van der Waals surface area contributed by atoms with Crippen molar-refractivity contribution in [1.29, 1.82) is 5.26 Å². The summed E-state index contributed by atoms with van der Waals surface area (Å²) in [5.41, 5.74) is 1.32. The zero-order chi connectivity index (χ0) is 21.8. The Morgan fingerprint density at radius 3 is 2.55 bits per heavy atom. The van der Waals surface area contributed by atoms with Crippen molar-refractivity contribution in [2.24, 2.45) is 0 Å². The van der Waals surface area contributed by atoms with Gasteiger partial charge in [0.2, 0.25) is 5.78 Å². The molecule has 2 heterocycles. The van der Waals surface area contributed by atoms with Gasteiger partial charge in [-0.2, -0.15) is 10.4 Å². The van der Waals surface area contributed by atoms with Gasteiger partial charge in [0.25, 0.3) is 5.56 Å². The first-order valence-corrected chi connectivity index (χ1v) is 9.68. The fraction of sp³-hybridized carbons (Fsp3) is 0.174. The number of benzene rings is 2. The van der Waals surface area contributed by atoms with Crippen molar-refractivity contribution in [3.8, 4) is 6.07 Å². The third-order valence-corrected chi connectivity index (χ3v) is 5.00. The smallest absolute Gasteiger partial charge is 0.312 e. The van der Waals surface area contributed by atoms with Gasteiger partial charge in [0.1, 0.15) is 0 Å². The van der Waals surface area contributed by atoms with Crippen molar-refractivity contribution >= 4 is 33.4 Å². The second kappa shape index (κ2) is 8.63. The number of H-pyrrole nitrogens is 1. The topological polar surface area (TPSA) is 118 Å². The fourth-order valence-corrected chi connectivity index (χ4v) is 3.54. The average molecular weight is 414 g/mol. The van der Waals surface area contributed by atoms with Crippen LogP contribution in [0.3, 0.4) is 0 Å². The number of carbonyl (C=O) groups is 2. The predicted molar refractivity (Wildman–Crippen MR) is 114 cm³/mol. The number of aryl methyl sites for hydroxylation is 1. The van der Waals surface area contributed by atoms with E-state index in [9.17, 15) is 14.4 Å². The Balaban J connectivity index is 1.49. The number of nitrogens with zero attached hydrogens (tertiary/aromatic N) is 3. The maximum absolute atomic E-state index is 12.7. The van der Waals surface area contributed by atoms with Gasteiger partial charge in [-0.25, -0.2) is 5.10 Å². The summed E-state index contributed by atoms with van der Waals surface area (Å²) in [6.07, 6.45) is 1.84. The van der Waals surface area contributed by atoms with Gasteiger partial charge in [-0.15, -0.1) is 0 Å². The number of carbonyl (C=O) groups excluding carboxylic acids is 2. The molecule has 0 atom stereocenters. The molecule has 2 aromatic heterocycles. The molecule has 31 heavy (non-hydrogen) atoms. The second-order valence-corrected chi connectivity index (χ2v) is 6.97. The number of para-hydroxylation sites is 1. The molecule has 0 radical (unpaired) electrons. The summed E-state index contributed by atoms with van der Waals surface area (Å²) in [4.78, 5) is 36.9. The lowest BCUT2D eigenvalue weighted by Gasteiger charge is -2.06. The molecule has 0 fully saturated rings. The summed E-state index contributed by atoms with van der Waals surface area (Å²) in [5, 5.41) is 16.9. The lowest BCUT2D eigenvalue weighted by Crippen LogP contribution is -2.18. The highest BCUT2D eigenvalue weighted by atomic mass is 16.5. The molecular weight excluding hydrogens is 396 g/mol. The molecule has 0 spiro atoms. The van der Waals surface area contributed by atoms with Crippen LogP contribution in [0.25, 0.3) is 21.7 Å². The highest BCUT2D eigenvalue weighted by Crippen LogP contribution is 2.22. The van der Waals surface area contributed by atoms with Crippen LogP contribution in [0.15, 0.2) is 59.5 Å². The van der Waals surface area contributed by atoms with E-state index in [0.717, 1.165) is 10.9 Å². The van der Waals surface area contributed by atoms with Gasteiger partial charge in [0.15, 0.2) is 6.61 Å². The monoisotopic (exact) mass is 414 g/mol. The highest BCUT2D eigenvalue weighted by Gasteiger charge is 2.18. The Hall–Kier alpha value is -4.25. The lowest BCUT2D eigenvalue weighted by molar-refractivity contribution is -0.141. The molecule has 0 amide bonds. The standard InChI is InChI=1S/C23H18N4O4/c24-10-5-11-27-13-18(16-7-3-4-9-20(16)27)21(28)14-31-22(29)12-19-15-6-1-2-8-17(15)23(30)26-25-19/h1-4,6-9,13H,5,11-12,14H2,(H,26,30). The minimum Gasteiger partial charge on any atom is -0.457 e. The van der Waals surface area contributed by atoms with Crippen molar-refractivity contribution in [2.45, 2.75) is 19.4 Å². The molecule has 1 N–H and O–H groups in total. The van der Waals surface area contributed by atoms with Crippen molar-refractivity contribution in [3.05, 3.63) is 76.3 Å². The van der Waals surface area contributed by atoms with Gasteiger partial charge in [0, 0.05) is 34.6 Å². The Kier molecular flexibility index (Phi) is 5.58. The summed E-state index contributed by atoms with van der Waals surface area (Å²) in [6.45, 7) is 0.0570. The van der Waals surface area contributed by atoms with Crippen LogP contribution in [0.1, 0.15) is 22.5 Å². The van der Waals surface area contributed by atoms with Crippen molar-refractivity contribution in [2.75, 3.05) is 6.61 Å². The molecule has 8 heteroatoms. The number of nitrogens with one attached hydrogen (secondary N) is 1. The maximum Gasteiger partial charge on any atom is 0.312 e. The first-order chi connectivity index (χ1) is 15.1. The van der Waals surface area contributed by atoms with Crippen LogP contribution in [-0.2, 0) is 22.5 Å². The second-order valence-electron chi connectivity index (χ2n) is 6.97. The molecule has 8 nitrogen and oxygen atoms in total. The minimum atomic E-state index is -0.619. The van der Waals surface area contributed by atoms with Crippen molar-refractivity contribution in [3.63, 3.8) is 0 Å². The zero-order valence-corrected chi connectivity index (χ0v) is 16.5. The van der Waals surface area contributed by atoms with Gasteiger partial charge < -0.3 is 9.30 Å². The first-order valence-electron chi connectivity index (χ1n) is 9.68. The number of ether oxygens (including phenoxy) is 1. The summed E-state index contributed by atoms with van der Waals surface area (Å²) in [7, 11) is 0. The molecule has 0 aliphatic heterocycles. The summed E-state index contributed by atoms with van der Waals surface area (Å²) in [6, 6.07) is 16.3. The van der Waals surface area contributed by atoms with Gasteiger partial charge in [-0.05, 0) is 12.1 Å². The van der Waals surface area contributed by atoms with Crippen LogP contribution in [0.2, 0.25) is 0 Å². The third-order valence-electron chi connectivity index (χ3n) is 5.00. The van der Waals surface area contributed by atoms with E-state index in [1.54, 1.807) is 30.5 Å². The van der Waals surface area contributed by atoms with Gasteiger partial charge in [-0.1, -0.05) is 36.4 Å². The SMILES string of the molecule is N#CCCn1cc(C(=O)COC(=O)Cc2n[nH]c(=O)c3ccccc23)c2ccccc21. The predicted octanol–water partition coefficient (Wildman–Crippen LogP) is 2.76. The van der Waals surface area contributed by atoms with Crippen LogP contribution < -0.4 is 5.56 Å². The maximum atomic E-state index is 12.7. The highest BCUT2D eigenvalue weighted by molar-refractivity contribution is 6.09. The van der Waals surface area contributed by atoms with E-state index in [1.807, 2.05) is 28.8 Å². The van der Waals surface area contributed by atoms with Crippen molar-refractivity contribution < 1.29 is 14.3 Å².